The first kappa shape index (κ1) is 12.4. The number of rotatable bonds is 5. The summed E-state index contributed by atoms with van der Waals surface area (Å²) in [4.78, 5) is 2.53. The predicted octanol–water partition coefficient (Wildman–Crippen LogP) is 3.17. The van der Waals surface area contributed by atoms with Crippen LogP contribution in [-0.4, -0.2) is 18.6 Å². The lowest BCUT2D eigenvalue weighted by molar-refractivity contribution is 0.533. The number of unbranched alkanes of at least 4 members (excludes halogenated alkanes) is 1. The van der Waals surface area contributed by atoms with Crippen LogP contribution in [0.15, 0.2) is 30.3 Å². The molecule has 1 aliphatic carbocycles. The van der Waals surface area contributed by atoms with Crippen molar-refractivity contribution in [1.29, 1.82) is 0 Å². The Balaban J connectivity index is 2.13. The Hall–Kier alpha value is -1.02. The van der Waals surface area contributed by atoms with E-state index in [1.165, 1.54) is 37.8 Å². The van der Waals surface area contributed by atoms with Crippen molar-refractivity contribution in [2.45, 2.75) is 51.1 Å². The van der Waals surface area contributed by atoms with Crippen molar-refractivity contribution in [1.82, 2.24) is 0 Å². The fourth-order valence-electron chi connectivity index (χ4n) is 2.79. The Morgan fingerprint density at radius 1 is 1.24 bits per heavy atom. The molecule has 94 valence electrons. The van der Waals surface area contributed by atoms with Crippen molar-refractivity contribution < 1.29 is 0 Å². The third-order valence-electron chi connectivity index (χ3n) is 3.77. The van der Waals surface area contributed by atoms with Crippen LogP contribution in [0.3, 0.4) is 0 Å². The van der Waals surface area contributed by atoms with Crippen LogP contribution < -0.4 is 10.6 Å². The van der Waals surface area contributed by atoms with Gasteiger partial charge in [0.05, 0.1) is 0 Å². The van der Waals surface area contributed by atoms with Gasteiger partial charge in [0.25, 0.3) is 0 Å². The molecule has 0 bridgehead atoms. The van der Waals surface area contributed by atoms with E-state index in [0.29, 0.717) is 12.1 Å². The highest BCUT2D eigenvalue weighted by molar-refractivity contribution is 5.47. The fourth-order valence-corrected chi connectivity index (χ4v) is 2.79. The van der Waals surface area contributed by atoms with Crippen molar-refractivity contribution in [3.05, 3.63) is 30.3 Å². The first-order valence-electron chi connectivity index (χ1n) is 6.90. The summed E-state index contributed by atoms with van der Waals surface area (Å²) in [5.74, 6) is 0. The highest BCUT2D eigenvalue weighted by atomic mass is 15.2. The molecular weight excluding hydrogens is 208 g/mol. The van der Waals surface area contributed by atoms with E-state index in [2.05, 4.69) is 42.2 Å². The molecule has 1 aliphatic rings. The number of nitrogens with two attached hydrogens (primary N) is 1. The normalized spacial score (nSPS) is 23.9. The molecule has 0 aliphatic heterocycles. The molecule has 2 rings (SSSR count). The smallest absolute Gasteiger partial charge is 0.0441 e. The van der Waals surface area contributed by atoms with Gasteiger partial charge in [-0.05, 0) is 37.8 Å². The van der Waals surface area contributed by atoms with E-state index in [-0.39, 0.29) is 0 Å². The molecule has 2 atom stereocenters. The number of hydrogen-bond donors (Lipinski definition) is 1. The maximum Gasteiger partial charge on any atom is 0.0441 e. The zero-order valence-corrected chi connectivity index (χ0v) is 10.8. The molecule has 0 aromatic heterocycles. The maximum atomic E-state index is 6.25. The Morgan fingerprint density at radius 2 is 2.00 bits per heavy atom. The average Bonchev–Trinajstić information content (AvgIpc) is 2.78. The fraction of sp³-hybridized carbons (Fsp3) is 0.600. The minimum absolute atomic E-state index is 0.354. The quantitative estimate of drug-likeness (QED) is 0.845. The summed E-state index contributed by atoms with van der Waals surface area (Å²) in [6.45, 7) is 3.39. The SMILES string of the molecule is CCCCN(c1ccccc1)C1CCCC1N. The lowest BCUT2D eigenvalue weighted by Crippen LogP contribution is -2.45. The molecule has 1 aromatic rings. The van der Waals surface area contributed by atoms with Gasteiger partial charge in [-0.2, -0.15) is 0 Å². The van der Waals surface area contributed by atoms with Crippen LogP contribution in [-0.2, 0) is 0 Å². The predicted molar refractivity (Wildman–Crippen MR) is 74.3 cm³/mol. The highest BCUT2D eigenvalue weighted by Crippen LogP contribution is 2.27. The van der Waals surface area contributed by atoms with Gasteiger partial charge in [0.15, 0.2) is 0 Å². The molecule has 2 heteroatoms. The van der Waals surface area contributed by atoms with Gasteiger partial charge in [-0.3, -0.25) is 0 Å². The van der Waals surface area contributed by atoms with Crippen LogP contribution >= 0.6 is 0 Å². The Bertz CT molecular complexity index is 323. The minimum Gasteiger partial charge on any atom is -0.367 e. The summed E-state index contributed by atoms with van der Waals surface area (Å²) < 4.78 is 0. The van der Waals surface area contributed by atoms with Crippen LogP contribution in [0.2, 0.25) is 0 Å². The van der Waals surface area contributed by atoms with Gasteiger partial charge in [-0.1, -0.05) is 31.5 Å². The summed E-state index contributed by atoms with van der Waals surface area (Å²) in [5.41, 5.74) is 7.58. The molecule has 2 unspecified atom stereocenters. The lowest BCUT2D eigenvalue weighted by atomic mass is 10.1. The van der Waals surface area contributed by atoms with Crippen LogP contribution in [0.1, 0.15) is 39.0 Å². The zero-order valence-electron chi connectivity index (χ0n) is 10.8. The van der Waals surface area contributed by atoms with Gasteiger partial charge in [0.2, 0.25) is 0 Å². The Kier molecular flexibility index (Phi) is 4.43. The Labute approximate surface area is 105 Å². The van der Waals surface area contributed by atoms with Gasteiger partial charge in [-0.25, -0.2) is 0 Å². The molecule has 0 heterocycles. The van der Waals surface area contributed by atoms with E-state index in [4.69, 9.17) is 5.73 Å². The second-order valence-corrected chi connectivity index (χ2v) is 5.04. The van der Waals surface area contributed by atoms with E-state index in [1.54, 1.807) is 0 Å². The largest absolute Gasteiger partial charge is 0.367 e. The first-order valence-corrected chi connectivity index (χ1v) is 6.90. The van der Waals surface area contributed by atoms with Crippen molar-refractivity contribution in [2.24, 2.45) is 5.73 Å². The molecule has 0 amide bonds. The van der Waals surface area contributed by atoms with Crippen LogP contribution in [0.25, 0.3) is 0 Å². The second kappa shape index (κ2) is 6.06. The number of anilines is 1. The third kappa shape index (κ3) is 3.01. The zero-order chi connectivity index (χ0) is 12.1. The summed E-state index contributed by atoms with van der Waals surface area (Å²) in [6, 6.07) is 11.6. The molecule has 1 fully saturated rings. The van der Waals surface area contributed by atoms with Crippen molar-refractivity contribution in [3.8, 4) is 0 Å². The van der Waals surface area contributed by atoms with Gasteiger partial charge < -0.3 is 10.6 Å². The lowest BCUT2D eigenvalue weighted by Gasteiger charge is -2.33. The molecule has 2 N–H and O–H groups in total. The average molecular weight is 232 g/mol. The van der Waals surface area contributed by atoms with E-state index in [9.17, 15) is 0 Å². The highest BCUT2D eigenvalue weighted by Gasteiger charge is 2.29. The van der Waals surface area contributed by atoms with Crippen LogP contribution in [0, 0.1) is 0 Å². The standard InChI is InChI=1S/C15H24N2/c1-2-3-12-17(13-8-5-4-6-9-13)15-11-7-10-14(15)16/h4-6,8-9,14-15H,2-3,7,10-12,16H2,1H3. The number of hydrogen-bond acceptors (Lipinski definition) is 2. The van der Waals surface area contributed by atoms with Gasteiger partial charge in [0.1, 0.15) is 0 Å². The summed E-state index contributed by atoms with van der Waals surface area (Å²) >= 11 is 0. The molecular formula is C15H24N2. The van der Waals surface area contributed by atoms with E-state index in [0.717, 1.165) is 6.54 Å². The van der Waals surface area contributed by atoms with E-state index in [1.807, 2.05) is 0 Å². The van der Waals surface area contributed by atoms with Crippen molar-refractivity contribution >= 4 is 5.69 Å². The molecule has 0 radical (unpaired) electrons. The molecule has 17 heavy (non-hydrogen) atoms. The second-order valence-electron chi connectivity index (χ2n) is 5.04. The van der Waals surface area contributed by atoms with E-state index >= 15 is 0 Å². The maximum absolute atomic E-state index is 6.25. The third-order valence-corrected chi connectivity index (χ3v) is 3.77. The first-order chi connectivity index (χ1) is 8.33. The molecule has 0 saturated heterocycles. The molecule has 0 spiro atoms. The van der Waals surface area contributed by atoms with Gasteiger partial charge in [-0.15, -0.1) is 0 Å². The van der Waals surface area contributed by atoms with E-state index < -0.39 is 0 Å². The molecule has 1 saturated carbocycles. The van der Waals surface area contributed by atoms with Crippen LogP contribution in [0.5, 0.6) is 0 Å². The topological polar surface area (TPSA) is 29.3 Å². The van der Waals surface area contributed by atoms with Crippen LogP contribution in [0.4, 0.5) is 5.69 Å². The molecule has 1 aromatic carbocycles. The van der Waals surface area contributed by atoms with Crippen molar-refractivity contribution in [2.75, 3.05) is 11.4 Å². The minimum atomic E-state index is 0.354. The number of para-hydroxylation sites is 1. The molecule has 2 nitrogen and oxygen atoms in total. The summed E-state index contributed by atoms with van der Waals surface area (Å²) in [5, 5.41) is 0. The summed E-state index contributed by atoms with van der Waals surface area (Å²) in [7, 11) is 0. The van der Waals surface area contributed by atoms with Crippen molar-refractivity contribution in [3.63, 3.8) is 0 Å². The summed E-state index contributed by atoms with van der Waals surface area (Å²) in [6.07, 6.45) is 6.20. The number of nitrogens with zero attached hydrogens (tertiary/aromatic N) is 1. The number of benzene rings is 1. The monoisotopic (exact) mass is 232 g/mol. The van der Waals surface area contributed by atoms with Gasteiger partial charge in [0, 0.05) is 24.3 Å². The Morgan fingerprint density at radius 3 is 2.59 bits per heavy atom. The van der Waals surface area contributed by atoms with Gasteiger partial charge >= 0.3 is 0 Å².